The summed E-state index contributed by atoms with van der Waals surface area (Å²) in [5.41, 5.74) is 7.13. The maximum Gasteiger partial charge on any atom is 0.0774 e. The average Bonchev–Trinajstić information content (AvgIpc) is 2.84. The highest BCUT2D eigenvalue weighted by Crippen LogP contribution is 2.30. The molecule has 0 saturated heterocycles. The largest absolute Gasteiger partial charge is 0.389 e. The van der Waals surface area contributed by atoms with Crippen LogP contribution in [0.3, 0.4) is 0 Å². The molecule has 0 aliphatic heterocycles. The number of aliphatic hydroxyl groups is 1. The van der Waals surface area contributed by atoms with Crippen LogP contribution in [-0.2, 0) is 6.54 Å². The number of rotatable bonds is 4. The molecule has 2 rings (SSSR count). The first-order valence-corrected chi connectivity index (χ1v) is 7.30. The number of benzene rings is 1. The minimum absolute atomic E-state index is 0.392. The summed E-state index contributed by atoms with van der Waals surface area (Å²) < 4.78 is 0. The molecule has 0 bridgehead atoms. The average molecular weight is 272 g/mol. The Bertz CT molecular complexity index is 478. The van der Waals surface area contributed by atoms with Crippen molar-refractivity contribution in [1.29, 1.82) is 0 Å². The van der Waals surface area contributed by atoms with Gasteiger partial charge in [0.15, 0.2) is 0 Å². The van der Waals surface area contributed by atoms with E-state index in [4.69, 9.17) is 5.73 Å². The summed E-state index contributed by atoms with van der Waals surface area (Å²) >= 11 is 0. The van der Waals surface area contributed by atoms with Gasteiger partial charge in [0.1, 0.15) is 0 Å². The first kappa shape index (κ1) is 15.1. The quantitative estimate of drug-likeness (QED) is 0.821. The molecule has 0 radical (unpaired) electrons. The van der Waals surface area contributed by atoms with Crippen LogP contribution in [0.15, 0.2) is 24.3 Å². The molecule has 20 heavy (non-hydrogen) atoms. The summed E-state index contributed by atoms with van der Waals surface area (Å²) in [6, 6.07) is 8.23. The van der Waals surface area contributed by atoms with Gasteiger partial charge in [-0.05, 0) is 37.6 Å². The van der Waals surface area contributed by atoms with Crippen molar-refractivity contribution < 1.29 is 5.11 Å². The van der Waals surface area contributed by atoms with Crippen molar-refractivity contribution in [2.45, 2.75) is 37.8 Å². The molecule has 0 amide bonds. The Kier molecular flexibility index (Phi) is 5.19. The topological polar surface area (TPSA) is 49.5 Å². The summed E-state index contributed by atoms with van der Waals surface area (Å²) in [4.78, 5) is 2.20. The molecule has 0 heterocycles. The summed E-state index contributed by atoms with van der Waals surface area (Å²) in [7, 11) is 2.07. The van der Waals surface area contributed by atoms with Crippen LogP contribution in [0.4, 0.5) is 0 Å². The first-order valence-electron chi connectivity index (χ1n) is 7.30. The third-order valence-corrected chi connectivity index (χ3v) is 3.84. The SMILES string of the molecule is CN(Cc1ccc(C#CCN)cc1)CC1(O)CCCC1. The monoisotopic (exact) mass is 272 g/mol. The third-order valence-electron chi connectivity index (χ3n) is 3.84. The Morgan fingerprint density at radius 1 is 1.25 bits per heavy atom. The van der Waals surface area contributed by atoms with Crippen LogP contribution in [0.2, 0.25) is 0 Å². The Labute approximate surface area is 121 Å². The third kappa shape index (κ3) is 4.35. The molecule has 1 saturated carbocycles. The minimum atomic E-state index is -0.471. The van der Waals surface area contributed by atoms with Gasteiger partial charge in [-0.1, -0.05) is 36.8 Å². The van der Waals surface area contributed by atoms with Crippen molar-refractivity contribution >= 4 is 0 Å². The van der Waals surface area contributed by atoms with Crippen molar-refractivity contribution in [3.8, 4) is 11.8 Å². The van der Waals surface area contributed by atoms with Crippen LogP contribution in [0.25, 0.3) is 0 Å². The van der Waals surface area contributed by atoms with Gasteiger partial charge in [-0.2, -0.15) is 0 Å². The Hall–Kier alpha value is -1.34. The number of hydrogen-bond donors (Lipinski definition) is 2. The van der Waals surface area contributed by atoms with Crippen LogP contribution >= 0.6 is 0 Å². The van der Waals surface area contributed by atoms with Crippen LogP contribution in [-0.4, -0.2) is 35.7 Å². The molecule has 0 unspecified atom stereocenters. The second-order valence-electron chi connectivity index (χ2n) is 5.81. The zero-order chi connectivity index (χ0) is 14.4. The van der Waals surface area contributed by atoms with E-state index in [1.165, 1.54) is 5.56 Å². The van der Waals surface area contributed by atoms with E-state index in [-0.39, 0.29) is 0 Å². The van der Waals surface area contributed by atoms with Crippen molar-refractivity contribution in [3.05, 3.63) is 35.4 Å². The van der Waals surface area contributed by atoms with Gasteiger partial charge in [0, 0.05) is 18.7 Å². The van der Waals surface area contributed by atoms with Crippen molar-refractivity contribution in [2.75, 3.05) is 20.1 Å². The van der Waals surface area contributed by atoms with Gasteiger partial charge in [-0.25, -0.2) is 0 Å². The summed E-state index contributed by atoms with van der Waals surface area (Å²) in [6.07, 6.45) is 4.17. The van der Waals surface area contributed by atoms with E-state index in [9.17, 15) is 5.11 Å². The van der Waals surface area contributed by atoms with E-state index in [0.717, 1.165) is 44.3 Å². The lowest BCUT2D eigenvalue weighted by atomic mass is 10.0. The van der Waals surface area contributed by atoms with E-state index in [2.05, 4.69) is 35.9 Å². The highest BCUT2D eigenvalue weighted by molar-refractivity contribution is 5.36. The predicted octanol–water partition coefficient (Wildman–Crippen LogP) is 1.73. The molecule has 0 aromatic heterocycles. The zero-order valence-corrected chi connectivity index (χ0v) is 12.2. The van der Waals surface area contributed by atoms with Crippen molar-refractivity contribution in [2.24, 2.45) is 5.73 Å². The molecule has 3 heteroatoms. The van der Waals surface area contributed by atoms with E-state index < -0.39 is 5.60 Å². The van der Waals surface area contributed by atoms with E-state index in [1.54, 1.807) is 0 Å². The van der Waals surface area contributed by atoms with Crippen LogP contribution in [0.1, 0.15) is 36.8 Å². The number of likely N-dealkylation sites (N-methyl/N-ethyl adjacent to an activating group) is 1. The molecular weight excluding hydrogens is 248 g/mol. The fraction of sp³-hybridized carbons (Fsp3) is 0.529. The minimum Gasteiger partial charge on any atom is -0.389 e. The summed E-state index contributed by atoms with van der Waals surface area (Å²) in [5, 5.41) is 10.4. The van der Waals surface area contributed by atoms with Gasteiger partial charge in [0.25, 0.3) is 0 Å². The standard InChI is InChI=1S/C17H24N2O/c1-19(14-17(20)10-2-3-11-17)13-16-8-6-15(7-9-16)5-4-12-18/h6-9,20H,2-3,10-14,18H2,1H3. The zero-order valence-electron chi connectivity index (χ0n) is 12.2. The van der Waals surface area contributed by atoms with E-state index >= 15 is 0 Å². The molecule has 3 N–H and O–H groups in total. The fourth-order valence-electron chi connectivity index (χ4n) is 2.91. The molecule has 1 fully saturated rings. The molecule has 108 valence electrons. The maximum atomic E-state index is 10.4. The van der Waals surface area contributed by atoms with Gasteiger partial charge < -0.3 is 10.8 Å². The van der Waals surface area contributed by atoms with Crippen molar-refractivity contribution in [3.63, 3.8) is 0 Å². The summed E-state index contributed by atoms with van der Waals surface area (Å²) in [6.45, 7) is 2.00. The Balaban J connectivity index is 1.89. The predicted molar refractivity (Wildman–Crippen MR) is 82.1 cm³/mol. The Morgan fingerprint density at radius 2 is 1.90 bits per heavy atom. The van der Waals surface area contributed by atoms with Crippen LogP contribution < -0.4 is 5.73 Å². The van der Waals surface area contributed by atoms with Gasteiger partial charge >= 0.3 is 0 Å². The van der Waals surface area contributed by atoms with Gasteiger partial charge in [0.2, 0.25) is 0 Å². The maximum absolute atomic E-state index is 10.4. The molecule has 1 aromatic carbocycles. The van der Waals surface area contributed by atoms with Crippen molar-refractivity contribution in [1.82, 2.24) is 4.90 Å². The number of hydrogen-bond acceptors (Lipinski definition) is 3. The Morgan fingerprint density at radius 3 is 2.50 bits per heavy atom. The lowest BCUT2D eigenvalue weighted by molar-refractivity contribution is 0.0145. The number of nitrogens with zero attached hydrogens (tertiary/aromatic N) is 1. The van der Waals surface area contributed by atoms with Gasteiger partial charge in [-0.3, -0.25) is 4.90 Å². The molecule has 1 aromatic rings. The first-order chi connectivity index (χ1) is 9.61. The molecule has 0 spiro atoms. The molecule has 1 aliphatic carbocycles. The normalized spacial score (nSPS) is 17.0. The second-order valence-corrected chi connectivity index (χ2v) is 5.81. The highest BCUT2D eigenvalue weighted by Gasteiger charge is 2.31. The smallest absolute Gasteiger partial charge is 0.0774 e. The fourth-order valence-corrected chi connectivity index (χ4v) is 2.91. The van der Waals surface area contributed by atoms with Crippen LogP contribution in [0.5, 0.6) is 0 Å². The van der Waals surface area contributed by atoms with Gasteiger partial charge in [0.05, 0.1) is 12.1 Å². The van der Waals surface area contributed by atoms with Crippen LogP contribution in [0, 0.1) is 11.8 Å². The van der Waals surface area contributed by atoms with E-state index in [1.807, 2.05) is 12.1 Å². The lowest BCUT2D eigenvalue weighted by Crippen LogP contribution is -2.38. The highest BCUT2D eigenvalue weighted by atomic mass is 16.3. The molecule has 3 nitrogen and oxygen atoms in total. The summed E-state index contributed by atoms with van der Waals surface area (Å²) in [5.74, 6) is 5.87. The molecular formula is C17H24N2O. The van der Waals surface area contributed by atoms with Gasteiger partial charge in [-0.15, -0.1) is 0 Å². The number of nitrogens with two attached hydrogens (primary N) is 1. The molecule has 1 aliphatic rings. The molecule has 0 atom stereocenters. The second kappa shape index (κ2) is 6.90. The van der Waals surface area contributed by atoms with E-state index in [0.29, 0.717) is 6.54 Å². The lowest BCUT2D eigenvalue weighted by Gasteiger charge is -2.28.